The van der Waals surface area contributed by atoms with Crippen LogP contribution < -0.4 is 5.73 Å². The van der Waals surface area contributed by atoms with Gasteiger partial charge in [-0.05, 0) is 30.5 Å². The van der Waals surface area contributed by atoms with Crippen molar-refractivity contribution in [2.45, 2.75) is 26.3 Å². The van der Waals surface area contributed by atoms with E-state index in [1.807, 2.05) is 19.1 Å². The number of hydrogen-bond donors (Lipinski definition) is 2. The molecule has 0 saturated heterocycles. The zero-order valence-electron chi connectivity index (χ0n) is 8.41. The van der Waals surface area contributed by atoms with Gasteiger partial charge in [0.25, 0.3) is 0 Å². The third-order valence-electron chi connectivity index (χ3n) is 2.69. The Morgan fingerprint density at radius 1 is 1.23 bits per heavy atom. The predicted molar refractivity (Wildman–Crippen MR) is 54.5 cm³/mol. The first kappa shape index (κ1) is 10.1. The van der Waals surface area contributed by atoms with Gasteiger partial charge >= 0.3 is 0 Å². The lowest BCUT2D eigenvalue weighted by atomic mass is 9.83. The predicted octanol–water partition coefficient (Wildman–Crippen LogP) is 2.22. The Bertz CT molecular complexity index is 275. The van der Waals surface area contributed by atoms with E-state index in [1.54, 1.807) is 12.1 Å². The van der Waals surface area contributed by atoms with Gasteiger partial charge in [-0.1, -0.05) is 26.0 Å². The fourth-order valence-corrected chi connectivity index (χ4v) is 1.15. The van der Waals surface area contributed by atoms with Gasteiger partial charge in [0.15, 0.2) is 0 Å². The van der Waals surface area contributed by atoms with Crippen LogP contribution in [0.2, 0.25) is 0 Å². The fourth-order valence-electron chi connectivity index (χ4n) is 1.15. The molecule has 1 aromatic rings. The van der Waals surface area contributed by atoms with Crippen molar-refractivity contribution >= 4 is 0 Å². The van der Waals surface area contributed by atoms with Crippen molar-refractivity contribution in [2.24, 2.45) is 11.7 Å². The van der Waals surface area contributed by atoms with E-state index in [2.05, 4.69) is 13.8 Å². The lowest BCUT2D eigenvalue weighted by molar-refractivity contribution is 0.350. The Kier molecular flexibility index (Phi) is 2.62. The Morgan fingerprint density at radius 2 is 1.69 bits per heavy atom. The molecule has 2 heteroatoms. The number of hydrogen-bond acceptors (Lipinski definition) is 2. The monoisotopic (exact) mass is 179 g/mol. The molecule has 0 aliphatic rings. The standard InChI is InChI=1S/C11H17NO/c1-8(2)11(3,12)9-4-6-10(13)7-5-9/h4-8,13H,12H2,1-3H3. The minimum atomic E-state index is -0.326. The topological polar surface area (TPSA) is 46.2 Å². The summed E-state index contributed by atoms with van der Waals surface area (Å²) in [5.74, 6) is 0.653. The molecular formula is C11H17NO. The summed E-state index contributed by atoms with van der Waals surface area (Å²) in [7, 11) is 0. The molecule has 1 aromatic carbocycles. The minimum absolute atomic E-state index is 0.281. The molecule has 0 aromatic heterocycles. The highest BCUT2D eigenvalue weighted by Gasteiger charge is 2.24. The van der Waals surface area contributed by atoms with Crippen LogP contribution in [0.25, 0.3) is 0 Å². The van der Waals surface area contributed by atoms with Crippen molar-refractivity contribution in [1.82, 2.24) is 0 Å². The molecule has 3 N–H and O–H groups in total. The van der Waals surface area contributed by atoms with Crippen molar-refractivity contribution in [3.8, 4) is 5.75 Å². The van der Waals surface area contributed by atoms with E-state index in [0.717, 1.165) is 5.56 Å². The molecule has 0 aliphatic carbocycles. The van der Waals surface area contributed by atoms with Crippen LogP contribution in [-0.2, 0) is 5.54 Å². The maximum atomic E-state index is 9.12. The molecule has 0 spiro atoms. The molecule has 0 radical (unpaired) electrons. The maximum absolute atomic E-state index is 9.12. The molecule has 1 rings (SSSR count). The number of phenolic OH excluding ortho intramolecular Hbond substituents is 1. The molecule has 0 aliphatic heterocycles. The van der Waals surface area contributed by atoms with Crippen molar-refractivity contribution in [2.75, 3.05) is 0 Å². The zero-order chi connectivity index (χ0) is 10.1. The van der Waals surface area contributed by atoms with Crippen molar-refractivity contribution < 1.29 is 5.11 Å². The second-order valence-electron chi connectivity index (χ2n) is 3.98. The Hall–Kier alpha value is -1.02. The van der Waals surface area contributed by atoms with Gasteiger partial charge in [-0.2, -0.15) is 0 Å². The van der Waals surface area contributed by atoms with Crippen LogP contribution in [-0.4, -0.2) is 5.11 Å². The first-order valence-corrected chi connectivity index (χ1v) is 4.53. The molecule has 0 saturated carbocycles. The average Bonchev–Trinajstić information content (AvgIpc) is 2.04. The van der Waals surface area contributed by atoms with E-state index in [0.29, 0.717) is 5.92 Å². The molecule has 2 nitrogen and oxygen atoms in total. The van der Waals surface area contributed by atoms with E-state index < -0.39 is 0 Å². The highest BCUT2D eigenvalue weighted by molar-refractivity contribution is 5.30. The summed E-state index contributed by atoms with van der Waals surface area (Å²) in [4.78, 5) is 0. The lowest BCUT2D eigenvalue weighted by Gasteiger charge is -2.29. The van der Waals surface area contributed by atoms with E-state index >= 15 is 0 Å². The van der Waals surface area contributed by atoms with Crippen molar-refractivity contribution in [1.29, 1.82) is 0 Å². The molecular weight excluding hydrogens is 162 g/mol. The highest BCUT2D eigenvalue weighted by atomic mass is 16.3. The largest absolute Gasteiger partial charge is 0.508 e. The number of nitrogens with two attached hydrogens (primary N) is 1. The molecule has 72 valence electrons. The second kappa shape index (κ2) is 3.38. The quantitative estimate of drug-likeness (QED) is 0.731. The summed E-state index contributed by atoms with van der Waals surface area (Å²) >= 11 is 0. The van der Waals surface area contributed by atoms with E-state index in [4.69, 9.17) is 10.8 Å². The third-order valence-corrected chi connectivity index (χ3v) is 2.69. The number of aromatic hydroxyl groups is 1. The van der Waals surface area contributed by atoms with Crippen LogP contribution in [0.3, 0.4) is 0 Å². The molecule has 0 heterocycles. The summed E-state index contributed by atoms with van der Waals surface area (Å²) in [5, 5.41) is 9.12. The van der Waals surface area contributed by atoms with Gasteiger partial charge in [0.1, 0.15) is 5.75 Å². The van der Waals surface area contributed by atoms with E-state index in [9.17, 15) is 0 Å². The molecule has 1 unspecified atom stereocenters. The van der Waals surface area contributed by atoms with Gasteiger partial charge in [-0.25, -0.2) is 0 Å². The van der Waals surface area contributed by atoms with Crippen molar-refractivity contribution in [3.63, 3.8) is 0 Å². The van der Waals surface area contributed by atoms with Crippen LogP contribution >= 0.6 is 0 Å². The Balaban J connectivity index is 3.01. The number of benzene rings is 1. The second-order valence-corrected chi connectivity index (χ2v) is 3.98. The normalized spacial score (nSPS) is 15.8. The van der Waals surface area contributed by atoms with Gasteiger partial charge in [0.2, 0.25) is 0 Å². The number of rotatable bonds is 2. The molecule has 0 bridgehead atoms. The van der Waals surface area contributed by atoms with Crippen LogP contribution in [0.5, 0.6) is 5.75 Å². The maximum Gasteiger partial charge on any atom is 0.115 e. The summed E-state index contributed by atoms with van der Waals surface area (Å²) in [6.07, 6.45) is 0. The van der Waals surface area contributed by atoms with Gasteiger partial charge < -0.3 is 10.8 Å². The Labute approximate surface area is 79.4 Å². The first-order valence-electron chi connectivity index (χ1n) is 4.53. The van der Waals surface area contributed by atoms with Crippen LogP contribution in [0.15, 0.2) is 24.3 Å². The highest BCUT2D eigenvalue weighted by Crippen LogP contribution is 2.27. The van der Waals surface area contributed by atoms with Crippen LogP contribution in [0.1, 0.15) is 26.3 Å². The summed E-state index contributed by atoms with van der Waals surface area (Å²) in [6, 6.07) is 7.08. The molecule has 0 fully saturated rings. The fraction of sp³-hybridized carbons (Fsp3) is 0.455. The summed E-state index contributed by atoms with van der Waals surface area (Å²) in [6.45, 7) is 6.18. The third kappa shape index (κ3) is 2.01. The minimum Gasteiger partial charge on any atom is -0.508 e. The Morgan fingerprint density at radius 3 is 2.08 bits per heavy atom. The summed E-state index contributed by atoms with van der Waals surface area (Å²) < 4.78 is 0. The zero-order valence-corrected chi connectivity index (χ0v) is 8.41. The first-order chi connectivity index (χ1) is 5.94. The number of phenols is 1. The van der Waals surface area contributed by atoms with Gasteiger partial charge in [0, 0.05) is 5.54 Å². The van der Waals surface area contributed by atoms with Crippen molar-refractivity contribution in [3.05, 3.63) is 29.8 Å². The van der Waals surface area contributed by atoms with Gasteiger partial charge in [0.05, 0.1) is 0 Å². The van der Waals surface area contributed by atoms with Gasteiger partial charge in [-0.3, -0.25) is 0 Å². The lowest BCUT2D eigenvalue weighted by Crippen LogP contribution is -2.38. The molecule has 13 heavy (non-hydrogen) atoms. The smallest absolute Gasteiger partial charge is 0.115 e. The van der Waals surface area contributed by atoms with Gasteiger partial charge in [-0.15, -0.1) is 0 Å². The summed E-state index contributed by atoms with van der Waals surface area (Å²) in [5.41, 5.74) is 6.88. The van der Waals surface area contributed by atoms with Crippen LogP contribution in [0.4, 0.5) is 0 Å². The average molecular weight is 179 g/mol. The van der Waals surface area contributed by atoms with E-state index in [1.165, 1.54) is 0 Å². The SMILES string of the molecule is CC(C)C(C)(N)c1ccc(O)cc1. The van der Waals surface area contributed by atoms with E-state index in [-0.39, 0.29) is 11.3 Å². The molecule has 0 amide bonds. The molecule has 1 atom stereocenters. The van der Waals surface area contributed by atoms with Crippen LogP contribution in [0, 0.1) is 5.92 Å².